The second-order valence-electron chi connectivity index (χ2n) is 18.8. The van der Waals surface area contributed by atoms with Crippen molar-refractivity contribution >= 4 is 66.4 Å². The minimum absolute atomic E-state index is 0.157. The molecule has 11 aromatic rings. The van der Waals surface area contributed by atoms with Crippen molar-refractivity contribution in [2.24, 2.45) is 0 Å². The lowest BCUT2D eigenvalue weighted by Gasteiger charge is -2.45. The summed E-state index contributed by atoms with van der Waals surface area (Å²) in [5, 5.41) is 7.62. The number of hydrogen-bond acceptors (Lipinski definition) is 2. The van der Waals surface area contributed by atoms with Gasteiger partial charge in [-0.25, -0.2) is 0 Å². The molecule has 310 valence electrons. The van der Waals surface area contributed by atoms with Gasteiger partial charge in [-0.1, -0.05) is 184 Å². The zero-order valence-corrected chi connectivity index (χ0v) is 36.8. The summed E-state index contributed by atoms with van der Waals surface area (Å²) in [6.07, 6.45) is 0. The third kappa shape index (κ3) is 4.91. The molecule has 11 aromatic carbocycles. The van der Waals surface area contributed by atoms with Crippen LogP contribution in [-0.4, -0.2) is 0 Å². The van der Waals surface area contributed by atoms with Crippen molar-refractivity contribution in [2.45, 2.75) is 24.7 Å². The van der Waals surface area contributed by atoms with Gasteiger partial charge in [0, 0.05) is 28.2 Å². The van der Waals surface area contributed by atoms with Gasteiger partial charge in [-0.3, -0.25) is 0 Å². The van der Waals surface area contributed by atoms with Crippen LogP contribution in [0, 0.1) is 0 Å². The molecule has 66 heavy (non-hydrogen) atoms. The summed E-state index contributed by atoms with van der Waals surface area (Å²) in [6.45, 7) is 4.76. The number of benzene rings is 11. The van der Waals surface area contributed by atoms with Crippen LogP contribution in [0.3, 0.4) is 0 Å². The second-order valence-corrected chi connectivity index (χ2v) is 18.8. The minimum Gasteiger partial charge on any atom is -0.310 e. The van der Waals surface area contributed by atoms with E-state index in [0.29, 0.717) is 0 Å². The summed E-state index contributed by atoms with van der Waals surface area (Å²) in [7, 11) is 0. The van der Waals surface area contributed by atoms with E-state index < -0.39 is 5.41 Å². The first-order valence-corrected chi connectivity index (χ1v) is 23.2. The topological polar surface area (TPSA) is 6.48 Å². The summed E-state index contributed by atoms with van der Waals surface area (Å²) in [6, 6.07) is 86.5. The number of para-hydroxylation sites is 3. The standard InChI is InChI=1S/C64H44N2/c1-63(2)55-26-12-10-24-50(55)52-36-33-43(39-59(52)63)65(42-32-35-49-47-22-7-6-20-45(47)46-21-8-9-23-48(46)54(49)38-42)44-34-37-53-51-25-11-13-27-56(51)64(60(53)40-44)57-28-14-16-30-61(57)66(41-18-4-3-5-19-41)62-31-17-15-29-58(62)64/h3-40H,1-2H3. The van der Waals surface area contributed by atoms with Gasteiger partial charge in [-0.15, -0.1) is 0 Å². The van der Waals surface area contributed by atoms with Crippen LogP contribution in [0.15, 0.2) is 231 Å². The van der Waals surface area contributed by atoms with E-state index in [1.807, 2.05) is 0 Å². The van der Waals surface area contributed by atoms with Gasteiger partial charge < -0.3 is 9.80 Å². The number of rotatable bonds is 4. The monoisotopic (exact) mass is 840 g/mol. The van der Waals surface area contributed by atoms with E-state index in [-0.39, 0.29) is 5.41 Å². The molecular weight excluding hydrogens is 797 g/mol. The van der Waals surface area contributed by atoms with Crippen LogP contribution >= 0.6 is 0 Å². The molecule has 0 unspecified atom stereocenters. The zero-order chi connectivity index (χ0) is 43.7. The number of fused-ring (bicyclic) bond motifs is 18. The average molecular weight is 841 g/mol. The van der Waals surface area contributed by atoms with Crippen LogP contribution in [0.25, 0.3) is 54.6 Å². The molecule has 2 nitrogen and oxygen atoms in total. The molecule has 0 fully saturated rings. The molecule has 0 saturated carbocycles. The molecule has 3 aliphatic rings. The van der Waals surface area contributed by atoms with Crippen LogP contribution in [0.5, 0.6) is 0 Å². The Bertz CT molecular complexity index is 3740. The summed E-state index contributed by atoms with van der Waals surface area (Å²) in [5.74, 6) is 0. The smallest absolute Gasteiger partial charge is 0.0755 e. The van der Waals surface area contributed by atoms with E-state index in [2.05, 4.69) is 254 Å². The molecule has 2 aliphatic carbocycles. The highest BCUT2D eigenvalue weighted by molar-refractivity contribution is 6.25. The van der Waals surface area contributed by atoms with Crippen LogP contribution in [0.1, 0.15) is 47.2 Å². The Morgan fingerprint density at radius 2 is 0.712 bits per heavy atom. The van der Waals surface area contributed by atoms with Crippen molar-refractivity contribution in [3.63, 3.8) is 0 Å². The van der Waals surface area contributed by atoms with Gasteiger partial charge in [0.2, 0.25) is 0 Å². The fourth-order valence-corrected chi connectivity index (χ4v) is 12.4. The third-order valence-electron chi connectivity index (χ3n) is 15.2. The third-order valence-corrected chi connectivity index (χ3v) is 15.2. The van der Waals surface area contributed by atoms with Crippen molar-refractivity contribution in [3.05, 3.63) is 264 Å². The highest BCUT2D eigenvalue weighted by Crippen LogP contribution is 2.64. The number of hydrogen-bond donors (Lipinski definition) is 0. The Kier molecular flexibility index (Phi) is 7.70. The molecule has 14 rings (SSSR count). The van der Waals surface area contributed by atoms with E-state index in [1.165, 1.54) is 99.3 Å². The van der Waals surface area contributed by atoms with Gasteiger partial charge in [0.1, 0.15) is 0 Å². The number of anilines is 6. The highest BCUT2D eigenvalue weighted by Gasteiger charge is 2.52. The van der Waals surface area contributed by atoms with Gasteiger partial charge in [-0.05, 0) is 149 Å². The Balaban J connectivity index is 1.06. The fourth-order valence-electron chi connectivity index (χ4n) is 12.4. The lowest BCUT2D eigenvalue weighted by molar-refractivity contribution is 0.660. The van der Waals surface area contributed by atoms with Crippen molar-refractivity contribution in [2.75, 3.05) is 9.80 Å². The lowest BCUT2D eigenvalue weighted by atomic mass is 9.64. The van der Waals surface area contributed by atoms with Crippen molar-refractivity contribution in [3.8, 4) is 22.3 Å². The Morgan fingerprint density at radius 3 is 1.33 bits per heavy atom. The predicted molar refractivity (Wildman–Crippen MR) is 277 cm³/mol. The normalized spacial score (nSPS) is 14.4. The minimum atomic E-state index is -0.577. The quantitative estimate of drug-likeness (QED) is 0.163. The molecule has 0 amide bonds. The van der Waals surface area contributed by atoms with E-state index in [4.69, 9.17) is 0 Å². The van der Waals surface area contributed by atoms with Gasteiger partial charge in [-0.2, -0.15) is 0 Å². The van der Waals surface area contributed by atoms with E-state index in [9.17, 15) is 0 Å². The molecule has 0 aromatic heterocycles. The van der Waals surface area contributed by atoms with Gasteiger partial charge in [0.05, 0.1) is 16.8 Å². The summed E-state index contributed by atoms with van der Waals surface area (Å²) in [4.78, 5) is 4.98. The zero-order valence-electron chi connectivity index (χ0n) is 36.8. The van der Waals surface area contributed by atoms with Crippen LogP contribution < -0.4 is 9.80 Å². The fraction of sp³-hybridized carbons (Fsp3) is 0.0625. The summed E-state index contributed by atoms with van der Waals surface area (Å²) >= 11 is 0. The number of nitrogens with zero attached hydrogens (tertiary/aromatic N) is 2. The lowest BCUT2D eigenvalue weighted by Crippen LogP contribution is -2.36. The second kappa shape index (κ2) is 13.7. The first-order valence-electron chi connectivity index (χ1n) is 23.2. The maximum absolute atomic E-state index is 2.52. The van der Waals surface area contributed by atoms with Gasteiger partial charge in [0.25, 0.3) is 0 Å². The predicted octanol–water partition coefficient (Wildman–Crippen LogP) is 17.1. The largest absolute Gasteiger partial charge is 0.310 e. The molecular formula is C64H44N2. The Morgan fingerprint density at radius 1 is 0.303 bits per heavy atom. The molecule has 0 radical (unpaired) electrons. The molecule has 1 heterocycles. The Hall–Kier alpha value is -8.20. The maximum Gasteiger partial charge on any atom is 0.0755 e. The summed E-state index contributed by atoms with van der Waals surface area (Å²) < 4.78 is 0. The molecule has 0 saturated heterocycles. The maximum atomic E-state index is 2.52. The average Bonchev–Trinajstić information content (AvgIpc) is 3.79. The first-order chi connectivity index (χ1) is 32.5. The van der Waals surface area contributed by atoms with E-state index >= 15 is 0 Å². The first kappa shape index (κ1) is 37.2. The van der Waals surface area contributed by atoms with Crippen LogP contribution in [0.4, 0.5) is 34.1 Å². The summed E-state index contributed by atoms with van der Waals surface area (Å²) in [5.41, 5.74) is 19.3. The molecule has 2 heteroatoms. The van der Waals surface area contributed by atoms with Crippen molar-refractivity contribution < 1.29 is 0 Å². The SMILES string of the molecule is CC1(C)c2ccccc2-c2ccc(N(c3ccc4c(c3)C3(c5ccccc5-4)c4ccccc4N(c4ccccc4)c4ccccc43)c3ccc4c5ccccc5c5ccccc5c4c3)cc21. The van der Waals surface area contributed by atoms with Crippen LogP contribution in [0.2, 0.25) is 0 Å². The highest BCUT2D eigenvalue weighted by atomic mass is 15.2. The molecule has 1 aliphatic heterocycles. The van der Waals surface area contributed by atoms with Crippen molar-refractivity contribution in [1.29, 1.82) is 0 Å². The van der Waals surface area contributed by atoms with E-state index in [0.717, 1.165) is 22.7 Å². The Labute approximate surface area is 385 Å². The van der Waals surface area contributed by atoms with Crippen LogP contribution in [-0.2, 0) is 10.8 Å². The van der Waals surface area contributed by atoms with Crippen molar-refractivity contribution in [1.82, 2.24) is 0 Å². The van der Waals surface area contributed by atoms with Gasteiger partial charge in [0.15, 0.2) is 0 Å². The molecule has 0 atom stereocenters. The molecule has 1 spiro atoms. The van der Waals surface area contributed by atoms with E-state index in [1.54, 1.807) is 0 Å². The van der Waals surface area contributed by atoms with Gasteiger partial charge >= 0.3 is 0 Å². The molecule has 0 N–H and O–H groups in total. The molecule has 0 bridgehead atoms.